The number of fused-ring (bicyclic) bond motifs is 1. The number of rotatable bonds is 14. The Hall–Kier alpha value is -4.05. The van der Waals surface area contributed by atoms with E-state index in [9.17, 15) is 18.0 Å². The smallest absolute Gasteiger partial charge is 0.243 e. The van der Waals surface area contributed by atoms with Crippen LogP contribution >= 0.6 is 0 Å². The van der Waals surface area contributed by atoms with E-state index in [0.29, 0.717) is 23.6 Å². The molecule has 1 heterocycles. The second kappa shape index (κ2) is 14.4. The van der Waals surface area contributed by atoms with Gasteiger partial charge in [0, 0.05) is 38.0 Å². The summed E-state index contributed by atoms with van der Waals surface area (Å²) in [4.78, 5) is 29.3. The highest BCUT2D eigenvalue weighted by molar-refractivity contribution is 7.92. The quantitative estimate of drug-likeness (QED) is 0.282. The molecule has 3 aromatic rings. The van der Waals surface area contributed by atoms with Crippen LogP contribution in [0.4, 0.5) is 5.69 Å². The number of amides is 2. The van der Waals surface area contributed by atoms with Gasteiger partial charge in [0.05, 0.1) is 11.9 Å². The molecular weight excluding hydrogens is 566 g/mol. The number of hydrogen-bond donors (Lipinski definition) is 1. The minimum atomic E-state index is -3.65. The molecule has 230 valence electrons. The lowest BCUT2D eigenvalue weighted by Gasteiger charge is -2.33. The van der Waals surface area contributed by atoms with E-state index in [1.807, 2.05) is 75.4 Å². The van der Waals surface area contributed by atoms with Crippen molar-refractivity contribution in [2.75, 3.05) is 23.9 Å². The molecular formula is C33H41N3O6S. The Morgan fingerprint density at radius 1 is 0.953 bits per heavy atom. The zero-order valence-electron chi connectivity index (χ0n) is 25.3. The molecule has 10 heteroatoms. The summed E-state index contributed by atoms with van der Waals surface area (Å²) in [5, 5.41) is 3.08. The molecule has 0 saturated carbocycles. The molecule has 0 radical (unpaired) electrons. The Labute approximate surface area is 254 Å². The topological polar surface area (TPSA) is 105 Å². The molecule has 0 aliphatic carbocycles. The molecule has 0 aromatic heterocycles. The van der Waals surface area contributed by atoms with Crippen LogP contribution in [0.5, 0.6) is 11.5 Å². The van der Waals surface area contributed by atoms with E-state index < -0.39 is 16.1 Å². The summed E-state index contributed by atoms with van der Waals surface area (Å²) in [7, 11) is -3.65. The van der Waals surface area contributed by atoms with E-state index in [-0.39, 0.29) is 50.6 Å². The van der Waals surface area contributed by atoms with Crippen LogP contribution < -0.4 is 19.1 Å². The Morgan fingerprint density at radius 2 is 1.67 bits per heavy atom. The molecule has 0 unspecified atom stereocenters. The first-order valence-electron chi connectivity index (χ1n) is 14.6. The van der Waals surface area contributed by atoms with Crippen molar-refractivity contribution in [1.82, 2.24) is 10.2 Å². The van der Waals surface area contributed by atoms with Gasteiger partial charge in [-0.2, -0.15) is 0 Å². The van der Waals surface area contributed by atoms with Crippen molar-refractivity contribution < 1.29 is 27.5 Å². The van der Waals surface area contributed by atoms with Gasteiger partial charge >= 0.3 is 0 Å². The fraction of sp³-hybridized carbons (Fsp3) is 0.394. The molecule has 0 saturated heterocycles. The number of ether oxygens (including phenoxy) is 2. The number of hydrogen-bond acceptors (Lipinski definition) is 6. The van der Waals surface area contributed by atoms with Gasteiger partial charge in [-0.1, -0.05) is 67.1 Å². The van der Waals surface area contributed by atoms with E-state index in [4.69, 9.17) is 9.47 Å². The summed E-state index contributed by atoms with van der Waals surface area (Å²) in [6.45, 7) is 6.36. The predicted molar refractivity (Wildman–Crippen MR) is 168 cm³/mol. The maximum absolute atomic E-state index is 14.0. The number of carbonyl (C=O) groups is 2. The van der Waals surface area contributed by atoms with Gasteiger partial charge in [-0.15, -0.1) is 0 Å². The second-order valence-corrected chi connectivity index (χ2v) is 12.9. The molecule has 1 aliphatic rings. The third kappa shape index (κ3) is 8.73. The average molecular weight is 608 g/mol. The molecule has 4 rings (SSSR count). The van der Waals surface area contributed by atoms with Crippen molar-refractivity contribution in [3.05, 3.63) is 89.5 Å². The van der Waals surface area contributed by atoms with Crippen LogP contribution in [0.25, 0.3) is 0 Å². The molecule has 2 atom stereocenters. The number of carbonyl (C=O) groups excluding carboxylic acids is 2. The van der Waals surface area contributed by atoms with Gasteiger partial charge in [0.25, 0.3) is 0 Å². The zero-order valence-corrected chi connectivity index (χ0v) is 26.1. The third-order valence-electron chi connectivity index (χ3n) is 7.50. The van der Waals surface area contributed by atoms with Crippen LogP contribution in [-0.2, 0) is 32.6 Å². The summed E-state index contributed by atoms with van der Waals surface area (Å²) in [5.74, 6) is 0.597. The summed E-state index contributed by atoms with van der Waals surface area (Å²) >= 11 is 0. The van der Waals surface area contributed by atoms with E-state index >= 15 is 0 Å². The largest absolute Gasteiger partial charge is 0.454 e. The molecule has 3 aromatic carbocycles. The van der Waals surface area contributed by atoms with E-state index in [1.54, 1.807) is 23.1 Å². The lowest BCUT2D eigenvalue weighted by Crippen LogP contribution is -2.52. The standard InChI is InChI=1S/C33H41N3O6S/c1-5-25(3)34-33(38)29(20-26-12-7-6-8-13-26)35(22-27-14-9-11-24(2)19-27)32(37)15-10-18-36(43(4,39)40)28-16-17-30-31(21-28)42-23-41-30/h6-9,11-14,16-17,19,21,25,29H,5,10,15,18,20,22-23H2,1-4H3,(H,34,38)/t25-,29-/m0/s1. The van der Waals surface area contributed by atoms with Gasteiger partial charge in [-0.25, -0.2) is 8.42 Å². The van der Waals surface area contributed by atoms with Crippen LogP contribution in [0.1, 0.15) is 49.8 Å². The highest BCUT2D eigenvalue weighted by Gasteiger charge is 2.31. The van der Waals surface area contributed by atoms with Crippen LogP contribution in [-0.4, -0.2) is 56.8 Å². The number of nitrogens with zero attached hydrogens (tertiary/aromatic N) is 2. The van der Waals surface area contributed by atoms with E-state index in [2.05, 4.69) is 5.32 Å². The SMILES string of the molecule is CC[C@H](C)NC(=O)[C@H](Cc1ccccc1)N(Cc1cccc(C)c1)C(=O)CCCN(c1ccc2c(c1)OCO2)S(C)(=O)=O. The Balaban J connectivity index is 1.58. The monoisotopic (exact) mass is 607 g/mol. The van der Waals surface area contributed by atoms with Crippen molar-refractivity contribution in [2.24, 2.45) is 0 Å². The predicted octanol–water partition coefficient (Wildman–Crippen LogP) is 4.82. The number of benzene rings is 3. The van der Waals surface area contributed by atoms with Crippen molar-refractivity contribution in [2.45, 2.75) is 65.1 Å². The molecule has 2 amide bonds. The zero-order chi connectivity index (χ0) is 31.0. The Kier molecular flexibility index (Phi) is 10.7. The van der Waals surface area contributed by atoms with Crippen LogP contribution in [0, 0.1) is 6.92 Å². The number of nitrogens with one attached hydrogen (secondary N) is 1. The number of sulfonamides is 1. The van der Waals surface area contributed by atoms with Gasteiger partial charge in [0.15, 0.2) is 11.5 Å². The van der Waals surface area contributed by atoms with Crippen molar-refractivity contribution in [1.29, 1.82) is 0 Å². The number of aryl methyl sites for hydroxylation is 1. The van der Waals surface area contributed by atoms with E-state index in [0.717, 1.165) is 29.4 Å². The lowest BCUT2D eigenvalue weighted by atomic mass is 10.0. The summed E-state index contributed by atoms with van der Waals surface area (Å²) in [6, 6.07) is 21.7. The van der Waals surface area contributed by atoms with Crippen molar-refractivity contribution in [3.8, 4) is 11.5 Å². The highest BCUT2D eigenvalue weighted by Crippen LogP contribution is 2.36. The maximum Gasteiger partial charge on any atom is 0.243 e. The molecule has 43 heavy (non-hydrogen) atoms. The van der Waals surface area contributed by atoms with Gasteiger partial charge in [0.2, 0.25) is 28.6 Å². The van der Waals surface area contributed by atoms with Crippen molar-refractivity contribution in [3.63, 3.8) is 0 Å². The fourth-order valence-electron chi connectivity index (χ4n) is 5.05. The molecule has 0 spiro atoms. The first kappa shape index (κ1) is 31.9. The summed E-state index contributed by atoms with van der Waals surface area (Å²) in [6.07, 6.45) is 2.57. The minimum Gasteiger partial charge on any atom is -0.454 e. The molecule has 9 nitrogen and oxygen atoms in total. The minimum absolute atomic E-state index is 0.0493. The molecule has 1 aliphatic heterocycles. The van der Waals surface area contributed by atoms with Crippen LogP contribution in [0.2, 0.25) is 0 Å². The Morgan fingerprint density at radius 3 is 2.37 bits per heavy atom. The second-order valence-electron chi connectivity index (χ2n) is 11.0. The van der Waals surface area contributed by atoms with E-state index in [1.165, 1.54) is 4.31 Å². The molecule has 1 N–H and O–H groups in total. The van der Waals surface area contributed by atoms with Gasteiger partial charge < -0.3 is 19.7 Å². The molecule has 0 bridgehead atoms. The normalized spacial score (nSPS) is 13.7. The van der Waals surface area contributed by atoms with Gasteiger partial charge in [0.1, 0.15) is 6.04 Å². The first-order valence-corrected chi connectivity index (χ1v) is 16.5. The third-order valence-corrected chi connectivity index (χ3v) is 8.70. The average Bonchev–Trinajstić information content (AvgIpc) is 3.45. The summed E-state index contributed by atoms with van der Waals surface area (Å²) in [5.41, 5.74) is 3.35. The number of anilines is 1. The van der Waals surface area contributed by atoms with Crippen LogP contribution in [0.3, 0.4) is 0 Å². The first-order chi connectivity index (χ1) is 20.5. The van der Waals surface area contributed by atoms with Crippen molar-refractivity contribution >= 4 is 27.5 Å². The molecule has 0 fully saturated rings. The summed E-state index contributed by atoms with van der Waals surface area (Å²) < 4.78 is 37.6. The van der Waals surface area contributed by atoms with Gasteiger partial charge in [-0.05, 0) is 49.9 Å². The Bertz CT molecular complexity index is 1510. The lowest BCUT2D eigenvalue weighted by molar-refractivity contribution is -0.141. The van der Waals surface area contributed by atoms with Crippen LogP contribution in [0.15, 0.2) is 72.8 Å². The fourth-order valence-corrected chi connectivity index (χ4v) is 6.00. The highest BCUT2D eigenvalue weighted by atomic mass is 32.2. The maximum atomic E-state index is 14.0. The van der Waals surface area contributed by atoms with Gasteiger partial charge in [-0.3, -0.25) is 13.9 Å².